The molecule has 0 aromatic rings. The molecule has 0 spiro atoms. The summed E-state index contributed by atoms with van der Waals surface area (Å²) in [5.41, 5.74) is 5.39. The lowest BCUT2D eigenvalue weighted by Crippen LogP contribution is -2.32. The lowest BCUT2D eigenvalue weighted by Gasteiger charge is -2.11. The van der Waals surface area contributed by atoms with Crippen molar-refractivity contribution in [1.82, 2.24) is 5.32 Å². The van der Waals surface area contributed by atoms with Crippen molar-refractivity contribution >= 4 is 5.91 Å². The van der Waals surface area contributed by atoms with E-state index in [1.165, 1.54) is 0 Å². The molecule has 0 saturated heterocycles. The Balaban J connectivity index is 3.53. The Morgan fingerprint density at radius 3 is 2.86 bits per heavy atom. The monoisotopic (exact) mass is 200 g/mol. The van der Waals surface area contributed by atoms with Gasteiger partial charge in [-0.05, 0) is 13.3 Å². The topological polar surface area (TPSA) is 64.4 Å². The van der Waals surface area contributed by atoms with Crippen LogP contribution >= 0.6 is 0 Å². The van der Waals surface area contributed by atoms with E-state index in [0.717, 1.165) is 6.42 Å². The Kier molecular flexibility index (Phi) is 8.17. The summed E-state index contributed by atoms with van der Waals surface area (Å²) in [7, 11) is 1.56. The van der Waals surface area contributed by atoms with E-state index in [1.54, 1.807) is 7.11 Å². The average Bonchev–Trinajstić information content (AvgIpc) is 2.21. The molecule has 0 aliphatic carbocycles. The molecule has 4 nitrogen and oxygen atoms in total. The van der Waals surface area contributed by atoms with Gasteiger partial charge in [0.15, 0.2) is 0 Å². The van der Waals surface area contributed by atoms with E-state index in [0.29, 0.717) is 19.5 Å². The number of amides is 1. The van der Waals surface area contributed by atoms with Gasteiger partial charge < -0.3 is 15.8 Å². The third-order valence-electron chi connectivity index (χ3n) is 1.88. The minimum Gasteiger partial charge on any atom is -0.380 e. The lowest BCUT2D eigenvalue weighted by atomic mass is 10.2. The van der Waals surface area contributed by atoms with E-state index < -0.39 is 0 Å². The summed E-state index contributed by atoms with van der Waals surface area (Å²) in [6.07, 6.45) is 5.00. The normalized spacial score (nSPS) is 13.1. The number of hydrogen-bond acceptors (Lipinski definition) is 3. The highest BCUT2D eigenvalue weighted by Gasteiger charge is 2.09. The summed E-state index contributed by atoms with van der Waals surface area (Å²) in [5, 5.41) is 2.79. The number of carbonyl (C=O) groups excluding carboxylic acids is 1. The predicted octanol–water partition coefficient (Wildman–Crippen LogP) is 0.433. The fourth-order valence-corrected chi connectivity index (χ4v) is 1.00. The second kappa shape index (κ2) is 8.72. The van der Waals surface area contributed by atoms with Crippen molar-refractivity contribution in [3.05, 3.63) is 12.2 Å². The summed E-state index contributed by atoms with van der Waals surface area (Å²) in [6.45, 7) is 3.00. The number of allylic oxidation sites excluding steroid dienone is 1. The molecule has 0 fully saturated rings. The van der Waals surface area contributed by atoms with Crippen molar-refractivity contribution in [2.75, 3.05) is 20.2 Å². The highest BCUT2D eigenvalue weighted by atomic mass is 16.5. The number of nitrogens with one attached hydrogen (secondary N) is 1. The van der Waals surface area contributed by atoms with E-state index in [-0.39, 0.29) is 12.0 Å². The van der Waals surface area contributed by atoms with Gasteiger partial charge in [0.2, 0.25) is 5.91 Å². The zero-order chi connectivity index (χ0) is 10.8. The molecule has 0 rings (SSSR count). The molecule has 0 saturated carbocycles. The number of hydrogen-bond donors (Lipinski definition) is 2. The fraction of sp³-hybridized carbons (Fsp3) is 0.700. The van der Waals surface area contributed by atoms with Crippen molar-refractivity contribution in [1.29, 1.82) is 0 Å². The minimum atomic E-state index is -0.170. The third-order valence-corrected chi connectivity index (χ3v) is 1.88. The molecule has 0 aliphatic heterocycles. The molecule has 82 valence electrons. The van der Waals surface area contributed by atoms with Gasteiger partial charge in [0.1, 0.15) is 0 Å². The van der Waals surface area contributed by atoms with E-state index in [4.69, 9.17) is 10.5 Å². The smallest absolute Gasteiger partial charge is 0.222 e. The number of methoxy groups -OCH3 is 1. The molecule has 14 heavy (non-hydrogen) atoms. The van der Waals surface area contributed by atoms with Crippen molar-refractivity contribution in [3.8, 4) is 0 Å². The Morgan fingerprint density at radius 2 is 2.36 bits per heavy atom. The summed E-state index contributed by atoms with van der Waals surface area (Å²) >= 11 is 0. The molecule has 1 unspecified atom stereocenters. The van der Waals surface area contributed by atoms with Crippen molar-refractivity contribution < 1.29 is 9.53 Å². The van der Waals surface area contributed by atoms with Crippen LogP contribution in [0.2, 0.25) is 0 Å². The predicted molar refractivity (Wildman–Crippen MR) is 56.9 cm³/mol. The molecule has 3 N–H and O–H groups in total. The minimum absolute atomic E-state index is 0.00759. The highest BCUT2D eigenvalue weighted by Crippen LogP contribution is 1.94. The van der Waals surface area contributed by atoms with Crippen LogP contribution in [-0.4, -0.2) is 32.2 Å². The Bertz CT molecular complexity index is 177. The molecule has 0 aliphatic rings. The molecular formula is C10H20N2O2. The zero-order valence-corrected chi connectivity index (χ0v) is 8.95. The number of nitrogens with two attached hydrogens (primary N) is 1. The second-order valence-corrected chi connectivity index (χ2v) is 3.01. The van der Waals surface area contributed by atoms with Crippen LogP contribution in [0.4, 0.5) is 0 Å². The SMILES string of the molecule is C/C=C/CCNC(=O)CC(CN)OC. The van der Waals surface area contributed by atoms with E-state index in [9.17, 15) is 4.79 Å². The van der Waals surface area contributed by atoms with Crippen LogP contribution in [0.15, 0.2) is 12.2 Å². The molecule has 0 bridgehead atoms. The molecule has 0 aromatic carbocycles. The van der Waals surface area contributed by atoms with Crippen molar-refractivity contribution in [2.24, 2.45) is 5.73 Å². The lowest BCUT2D eigenvalue weighted by molar-refractivity contribution is -0.123. The first kappa shape index (κ1) is 13.1. The van der Waals surface area contributed by atoms with Gasteiger partial charge in [-0.1, -0.05) is 12.2 Å². The number of rotatable bonds is 7. The Morgan fingerprint density at radius 1 is 1.64 bits per heavy atom. The first-order chi connectivity index (χ1) is 6.74. The van der Waals surface area contributed by atoms with E-state index in [1.807, 2.05) is 19.1 Å². The van der Waals surface area contributed by atoms with Gasteiger partial charge in [0.25, 0.3) is 0 Å². The molecule has 1 amide bonds. The molecular weight excluding hydrogens is 180 g/mol. The van der Waals surface area contributed by atoms with Gasteiger partial charge in [0, 0.05) is 20.2 Å². The van der Waals surface area contributed by atoms with Crippen LogP contribution < -0.4 is 11.1 Å². The van der Waals surface area contributed by atoms with Crippen LogP contribution in [-0.2, 0) is 9.53 Å². The van der Waals surface area contributed by atoms with Crippen LogP contribution in [0.1, 0.15) is 19.8 Å². The van der Waals surface area contributed by atoms with Gasteiger partial charge in [0.05, 0.1) is 12.5 Å². The van der Waals surface area contributed by atoms with E-state index in [2.05, 4.69) is 5.32 Å². The Hall–Kier alpha value is -0.870. The maximum atomic E-state index is 11.3. The number of ether oxygens (including phenoxy) is 1. The molecule has 0 heterocycles. The maximum Gasteiger partial charge on any atom is 0.222 e. The quantitative estimate of drug-likeness (QED) is 0.463. The van der Waals surface area contributed by atoms with Gasteiger partial charge >= 0.3 is 0 Å². The average molecular weight is 200 g/mol. The van der Waals surface area contributed by atoms with Crippen LogP contribution in [0.3, 0.4) is 0 Å². The van der Waals surface area contributed by atoms with Crippen LogP contribution in [0.5, 0.6) is 0 Å². The number of carbonyl (C=O) groups is 1. The van der Waals surface area contributed by atoms with Gasteiger partial charge in [-0.25, -0.2) is 0 Å². The summed E-state index contributed by atoms with van der Waals surface area (Å²) in [5.74, 6) is -0.00759. The first-order valence-electron chi connectivity index (χ1n) is 4.85. The summed E-state index contributed by atoms with van der Waals surface area (Å²) in [4.78, 5) is 11.3. The highest BCUT2D eigenvalue weighted by molar-refractivity contribution is 5.76. The molecule has 1 atom stereocenters. The largest absolute Gasteiger partial charge is 0.380 e. The molecule has 0 radical (unpaired) electrons. The van der Waals surface area contributed by atoms with Gasteiger partial charge in [-0.15, -0.1) is 0 Å². The third kappa shape index (κ3) is 6.62. The molecule has 0 aromatic heterocycles. The van der Waals surface area contributed by atoms with Crippen LogP contribution in [0, 0.1) is 0 Å². The summed E-state index contributed by atoms with van der Waals surface area (Å²) < 4.78 is 5.00. The van der Waals surface area contributed by atoms with E-state index >= 15 is 0 Å². The van der Waals surface area contributed by atoms with Gasteiger partial charge in [-0.2, -0.15) is 0 Å². The first-order valence-corrected chi connectivity index (χ1v) is 4.85. The van der Waals surface area contributed by atoms with Crippen molar-refractivity contribution in [2.45, 2.75) is 25.9 Å². The Labute approximate surface area is 85.5 Å². The summed E-state index contributed by atoms with van der Waals surface area (Å²) in [6, 6.07) is 0. The maximum absolute atomic E-state index is 11.3. The fourth-order valence-electron chi connectivity index (χ4n) is 1.00. The van der Waals surface area contributed by atoms with Gasteiger partial charge in [-0.3, -0.25) is 4.79 Å². The standard InChI is InChI=1S/C10H20N2O2/c1-3-4-5-6-12-10(13)7-9(8-11)14-2/h3-4,9H,5-8,11H2,1-2H3,(H,12,13)/b4-3+. The van der Waals surface area contributed by atoms with Crippen molar-refractivity contribution in [3.63, 3.8) is 0 Å². The molecule has 4 heteroatoms. The zero-order valence-electron chi connectivity index (χ0n) is 8.95. The second-order valence-electron chi connectivity index (χ2n) is 3.01. The van der Waals surface area contributed by atoms with Crippen LogP contribution in [0.25, 0.3) is 0 Å².